The van der Waals surface area contributed by atoms with E-state index < -0.39 is 54.1 Å². The van der Waals surface area contributed by atoms with E-state index in [0.717, 1.165) is 12.0 Å². The second-order valence-corrected chi connectivity index (χ2v) is 10.3. The molecule has 1 saturated carbocycles. The van der Waals surface area contributed by atoms with Crippen LogP contribution in [0.15, 0.2) is 18.2 Å². The highest BCUT2D eigenvalue weighted by molar-refractivity contribution is 6.31. The Bertz CT molecular complexity index is 1080. The summed E-state index contributed by atoms with van der Waals surface area (Å²) in [5, 5.41) is 18.4. The topological polar surface area (TPSA) is 114 Å². The number of alkyl halides is 2. The maximum Gasteiger partial charge on any atom is 0.255 e. The second kappa shape index (κ2) is 10.6. The number of nitrogens with one attached hydrogen (secondary N) is 3. The van der Waals surface area contributed by atoms with Gasteiger partial charge in [-0.2, -0.15) is 5.26 Å². The fourth-order valence-corrected chi connectivity index (χ4v) is 5.85. The molecule has 1 aromatic rings. The Balaban J connectivity index is 1.50. The number of carbonyl (C=O) groups is 3. The van der Waals surface area contributed by atoms with E-state index in [4.69, 9.17) is 11.6 Å². The number of nitrogens with zero attached hydrogens (tertiary/aromatic N) is 2. The number of benzene rings is 1. The van der Waals surface area contributed by atoms with E-state index >= 15 is 0 Å². The first-order valence-electron chi connectivity index (χ1n) is 12.3. The van der Waals surface area contributed by atoms with Gasteiger partial charge in [0.2, 0.25) is 17.7 Å². The van der Waals surface area contributed by atoms with Gasteiger partial charge in [-0.1, -0.05) is 17.7 Å². The van der Waals surface area contributed by atoms with Crippen molar-refractivity contribution in [2.45, 2.75) is 69.5 Å². The van der Waals surface area contributed by atoms with E-state index in [9.17, 15) is 28.4 Å². The first-order valence-corrected chi connectivity index (χ1v) is 12.7. The zero-order valence-electron chi connectivity index (χ0n) is 20.0. The minimum Gasteiger partial charge on any atom is -0.376 e. The van der Waals surface area contributed by atoms with Crippen LogP contribution >= 0.6 is 11.6 Å². The first kappa shape index (κ1) is 26.1. The normalized spacial score (nSPS) is 27.5. The predicted octanol–water partition coefficient (Wildman–Crippen LogP) is 3.00. The Labute approximate surface area is 213 Å². The minimum absolute atomic E-state index is 0.0921. The summed E-state index contributed by atoms with van der Waals surface area (Å²) in [6.07, 6.45) is 1.45. The van der Waals surface area contributed by atoms with E-state index in [1.807, 2.05) is 6.07 Å². The first-order chi connectivity index (χ1) is 17.1. The molecule has 4 fully saturated rings. The number of halogens is 3. The number of fused-ring (bicyclic) bond motifs is 3. The van der Waals surface area contributed by atoms with Crippen molar-refractivity contribution in [1.82, 2.24) is 15.5 Å². The highest BCUT2D eigenvalue weighted by atomic mass is 35.5. The number of nitriles is 1. The molecule has 0 aromatic heterocycles. The maximum absolute atomic E-state index is 14.9. The molecule has 3 aliphatic heterocycles. The Hall–Kier alpha value is -2.93. The second-order valence-electron chi connectivity index (χ2n) is 9.87. The maximum atomic E-state index is 14.9. The molecule has 8 nitrogen and oxygen atoms in total. The lowest BCUT2D eigenvalue weighted by molar-refractivity contribution is -0.193. The summed E-state index contributed by atoms with van der Waals surface area (Å²) in [6.45, 7) is 2.17. The molecule has 3 saturated heterocycles. The van der Waals surface area contributed by atoms with Gasteiger partial charge in [0.15, 0.2) is 0 Å². The van der Waals surface area contributed by atoms with Crippen LogP contribution in [0.2, 0.25) is 5.02 Å². The van der Waals surface area contributed by atoms with Crippen LogP contribution in [0.25, 0.3) is 0 Å². The summed E-state index contributed by atoms with van der Waals surface area (Å²) in [6, 6.07) is 4.00. The van der Waals surface area contributed by atoms with Crippen LogP contribution in [-0.2, 0) is 14.4 Å². The molecule has 0 unspecified atom stereocenters. The molecule has 4 aliphatic rings. The van der Waals surface area contributed by atoms with E-state index in [1.54, 1.807) is 25.1 Å². The quantitative estimate of drug-likeness (QED) is 0.510. The van der Waals surface area contributed by atoms with Gasteiger partial charge in [0, 0.05) is 35.6 Å². The lowest BCUT2D eigenvalue weighted by Gasteiger charge is -2.53. The monoisotopic (exact) mass is 521 g/mol. The summed E-state index contributed by atoms with van der Waals surface area (Å²) in [5.74, 6) is -6.30. The molecule has 3 amide bonds. The standard InChI is InChI=1S/C25H30ClF2N5O3/c1-14-19(26)5-2-6-20(14)31-13-21(34)33-17-7-8-18(25(27,28)11-17)22(33)24(36)32-16(12-29)10-15-4-3-9-30-23(15)35/h2,5-6,15-18,22,31H,3-4,7-11,13H2,1H3,(H,30,35)(H,32,36)/t15-,16+,17-,18-,22-/m0/s1. The van der Waals surface area contributed by atoms with Crippen molar-refractivity contribution < 1.29 is 23.2 Å². The van der Waals surface area contributed by atoms with Crippen molar-refractivity contribution in [3.8, 4) is 6.07 Å². The van der Waals surface area contributed by atoms with Crippen molar-refractivity contribution in [2.24, 2.45) is 11.8 Å². The highest BCUT2D eigenvalue weighted by Gasteiger charge is 2.60. The molecule has 2 bridgehead atoms. The van der Waals surface area contributed by atoms with Gasteiger partial charge < -0.3 is 20.9 Å². The number of amides is 3. The van der Waals surface area contributed by atoms with Crippen LogP contribution in [0.3, 0.4) is 0 Å². The number of carbonyl (C=O) groups excluding carboxylic acids is 3. The zero-order chi connectivity index (χ0) is 26.0. The van der Waals surface area contributed by atoms with E-state index in [-0.39, 0.29) is 25.3 Å². The average molecular weight is 522 g/mol. The number of piperidine rings is 3. The van der Waals surface area contributed by atoms with Crippen LogP contribution < -0.4 is 16.0 Å². The smallest absolute Gasteiger partial charge is 0.255 e. The molecule has 1 aliphatic carbocycles. The third-order valence-corrected chi connectivity index (χ3v) is 7.99. The zero-order valence-corrected chi connectivity index (χ0v) is 20.8. The lowest BCUT2D eigenvalue weighted by atomic mass is 9.71. The van der Waals surface area contributed by atoms with Gasteiger partial charge in [0.05, 0.1) is 18.5 Å². The van der Waals surface area contributed by atoms with Gasteiger partial charge >= 0.3 is 0 Å². The summed E-state index contributed by atoms with van der Waals surface area (Å²) < 4.78 is 29.7. The summed E-state index contributed by atoms with van der Waals surface area (Å²) in [7, 11) is 0. The number of rotatable bonds is 7. The fraction of sp³-hybridized carbons (Fsp3) is 0.600. The lowest BCUT2D eigenvalue weighted by Crippen LogP contribution is -2.69. The SMILES string of the molecule is Cc1c(Cl)cccc1NCC(=O)N1[C@H]2CC[C@@H]([C@H]1C(=O)N[C@@H](C#N)C[C@@H]1CCCNC1=O)C(F)(F)C2. The largest absolute Gasteiger partial charge is 0.376 e. The van der Waals surface area contributed by atoms with Crippen molar-refractivity contribution in [1.29, 1.82) is 5.26 Å². The average Bonchev–Trinajstić information content (AvgIpc) is 2.84. The van der Waals surface area contributed by atoms with Crippen LogP contribution in [0.1, 0.15) is 44.1 Å². The Morgan fingerprint density at radius 1 is 1.33 bits per heavy atom. The van der Waals surface area contributed by atoms with E-state index in [1.165, 1.54) is 4.90 Å². The molecule has 5 rings (SSSR count). The third kappa shape index (κ3) is 5.26. The molecular weight excluding hydrogens is 492 g/mol. The predicted molar refractivity (Wildman–Crippen MR) is 129 cm³/mol. The van der Waals surface area contributed by atoms with E-state index in [2.05, 4.69) is 16.0 Å². The Morgan fingerprint density at radius 2 is 2.11 bits per heavy atom. The van der Waals surface area contributed by atoms with Crippen LogP contribution in [-0.4, -0.2) is 59.8 Å². The fourth-order valence-electron chi connectivity index (χ4n) is 5.67. The Morgan fingerprint density at radius 3 is 2.81 bits per heavy atom. The molecule has 3 heterocycles. The molecule has 36 heavy (non-hydrogen) atoms. The van der Waals surface area contributed by atoms with Gasteiger partial charge in [-0.05, 0) is 56.7 Å². The molecular formula is C25H30ClF2N5O3. The third-order valence-electron chi connectivity index (χ3n) is 7.58. The Kier molecular flexibility index (Phi) is 7.69. The van der Waals surface area contributed by atoms with Crippen molar-refractivity contribution in [3.63, 3.8) is 0 Å². The molecule has 1 aromatic carbocycles. The van der Waals surface area contributed by atoms with E-state index in [0.29, 0.717) is 30.1 Å². The van der Waals surface area contributed by atoms with Gasteiger partial charge in [-0.15, -0.1) is 0 Å². The van der Waals surface area contributed by atoms with Crippen molar-refractivity contribution in [2.75, 3.05) is 18.4 Å². The molecule has 5 atom stereocenters. The van der Waals surface area contributed by atoms with Crippen LogP contribution in [0.5, 0.6) is 0 Å². The molecule has 0 radical (unpaired) electrons. The molecule has 0 spiro atoms. The van der Waals surface area contributed by atoms with Crippen LogP contribution in [0.4, 0.5) is 14.5 Å². The number of hydrogen-bond acceptors (Lipinski definition) is 5. The molecule has 11 heteroatoms. The van der Waals surface area contributed by atoms with Crippen LogP contribution in [0, 0.1) is 30.1 Å². The van der Waals surface area contributed by atoms with Gasteiger partial charge in [-0.3, -0.25) is 14.4 Å². The van der Waals surface area contributed by atoms with Crippen molar-refractivity contribution in [3.05, 3.63) is 28.8 Å². The number of hydrogen-bond donors (Lipinski definition) is 3. The minimum atomic E-state index is -3.09. The highest BCUT2D eigenvalue weighted by Crippen LogP contribution is 2.49. The summed E-state index contributed by atoms with van der Waals surface area (Å²) >= 11 is 6.14. The van der Waals surface area contributed by atoms with Gasteiger partial charge in [0.25, 0.3) is 5.92 Å². The van der Waals surface area contributed by atoms with Crippen molar-refractivity contribution >= 4 is 35.0 Å². The van der Waals surface area contributed by atoms with Gasteiger partial charge in [-0.25, -0.2) is 8.78 Å². The summed E-state index contributed by atoms with van der Waals surface area (Å²) in [4.78, 5) is 40.0. The molecule has 3 N–H and O–H groups in total. The number of anilines is 1. The molecule has 194 valence electrons. The summed E-state index contributed by atoms with van der Waals surface area (Å²) in [5.41, 5.74) is 1.39. The van der Waals surface area contributed by atoms with Gasteiger partial charge in [0.1, 0.15) is 12.1 Å².